The number of esters is 1. The number of carbonyl (C=O) groups is 3. The highest BCUT2D eigenvalue weighted by molar-refractivity contribution is 6.22. The maximum absolute atomic E-state index is 13.0. The first kappa shape index (κ1) is 21.3. The standard InChI is InChI=1S/C26H29NO4/c1-16-8-13-21-22(14-16)24(29)27(23(21)28)19-7-5-6-17(15-19)25(30)31-20-11-9-18(10-12-20)26(2,3)4/h5-7,9-12,15-16,21-22H,8,13-14H2,1-4H3. The summed E-state index contributed by atoms with van der Waals surface area (Å²) in [6, 6.07) is 14.0. The molecule has 1 aliphatic carbocycles. The summed E-state index contributed by atoms with van der Waals surface area (Å²) >= 11 is 0. The van der Waals surface area contributed by atoms with E-state index < -0.39 is 5.97 Å². The molecule has 5 heteroatoms. The molecule has 1 saturated carbocycles. The van der Waals surface area contributed by atoms with Crippen LogP contribution >= 0.6 is 0 Å². The van der Waals surface area contributed by atoms with Crippen LogP contribution in [0.4, 0.5) is 5.69 Å². The summed E-state index contributed by atoms with van der Waals surface area (Å²) in [5, 5.41) is 0. The molecule has 0 N–H and O–H groups in total. The quantitative estimate of drug-likeness (QED) is 0.393. The van der Waals surface area contributed by atoms with E-state index in [1.165, 1.54) is 4.90 Å². The molecule has 2 aromatic rings. The van der Waals surface area contributed by atoms with Crippen LogP contribution in [0, 0.1) is 17.8 Å². The van der Waals surface area contributed by atoms with E-state index in [-0.39, 0.29) is 29.1 Å². The Labute approximate surface area is 183 Å². The van der Waals surface area contributed by atoms with E-state index in [2.05, 4.69) is 27.7 Å². The van der Waals surface area contributed by atoms with Crippen LogP contribution in [-0.4, -0.2) is 17.8 Å². The fourth-order valence-corrected chi connectivity index (χ4v) is 4.61. The molecule has 0 bridgehead atoms. The molecule has 1 aliphatic heterocycles. The van der Waals surface area contributed by atoms with Crippen molar-refractivity contribution in [3.05, 3.63) is 59.7 Å². The molecule has 0 spiro atoms. The number of benzene rings is 2. The molecule has 1 saturated heterocycles. The third-order valence-corrected chi connectivity index (χ3v) is 6.46. The summed E-state index contributed by atoms with van der Waals surface area (Å²) in [6.07, 6.45) is 2.46. The zero-order chi connectivity index (χ0) is 22.3. The Morgan fingerprint density at radius 3 is 2.32 bits per heavy atom. The number of ether oxygens (including phenoxy) is 1. The van der Waals surface area contributed by atoms with Crippen LogP contribution in [-0.2, 0) is 15.0 Å². The van der Waals surface area contributed by atoms with Gasteiger partial charge < -0.3 is 4.74 Å². The molecule has 31 heavy (non-hydrogen) atoms. The molecule has 4 rings (SSSR count). The van der Waals surface area contributed by atoms with Gasteiger partial charge in [0.25, 0.3) is 0 Å². The number of amides is 2. The van der Waals surface area contributed by atoms with Crippen LogP contribution in [0.15, 0.2) is 48.5 Å². The van der Waals surface area contributed by atoms with Gasteiger partial charge in [0.1, 0.15) is 5.75 Å². The molecule has 0 aromatic heterocycles. The average Bonchev–Trinajstić information content (AvgIpc) is 2.97. The molecule has 2 aromatic carbocycles. The summed E-state index contributed by atoms with van der Waals surface area (Å²) in [5.74, 6) is -0.389. The molecule has 2 aliphatic rings. The zero-order valence-electron chi connectivity index (χ0n) is 18.6. The van der Waals surface area contributed by atoms with Gasteiger partial charge in [0.15, 0.2) is 0 Å². The topological polar surface area (TPSA) is 63.7 Å². The lowest BCUT2D eigenvalue weighted by atomic mass is 9.76. The van der Waals surface area contributed by atoms with E-state index >= 15 is 0 Å². The molecule has 1 heterocycles. The fourth-order valence-electron chi connectivity index (χ4n) is 4.61. The summed E-state index contributed by atoms with van der Waals surface area (Å²) in [5.41, 5.74) is 1.91. The van der Waals surface area contributed by atoms with E-state index in [9.17, 15) is 14.4 Å². The predicted octanol–water partition coefficient (Wildman–Crippen LogP) is 5.13. The number of hydrogen-bond donors (Lipinski definition) is 0. The van der Waals surface area contributed by atoms with Crippen LogP contribution in [0.5, 0.6) is 5.75 Å². The number of carbonyl (C=O) groups excluding carboxylic acids is 3. The van der Waals surface area contributed by atoms with Crippen LogP contribution in [0.3, 0.4) is 0 Å². The second-order valence-corrected chi connectivity index (χ2v) is 9.86. The molecule has 2 amide bonds. The van der Waals surface area contributed by atoms with Crippen molar-refractivity contribution < 1.29 is 19.1 Å². The molecule has 0 radical (unpaired) electrons. The highest BCUT2D eigenvalue weighted by Crippen LogP contribution is 2.42. The third-order valence-electron chi connectivity index (χ3n) is 6.46. The Morgan fingerprint density at radius 2 is 1.65 bits per heavy atom. The molecule has 3 unspecified atom stereocenters. The minimum Gasteiger partial charge on any atom is -0.423 e. The first-order valence-corrected chi connectivity index (χ1v) is 11.0. The number of hydrogen-bond acceptors (Lipinski definition) is 4. The minimum atomic E-state index is -0.518. The summed E-state index contributed by atoms with van der Waals surface area (Å²) in [6.45, 7) is 8.49. The molecule has 3 atom stereocenters. The Bertz CT molecular complexity index is 1020. The lowest BCUT2D eigenvalue weighted by Crippen LogP contribution is -2.31. The van der Waals surface area contributed by atoms with Crippen molar-refractivity contribution in [1.29, 1.82) is 0 Å². The Hall–Kier alpha value is -2.95. The Morgan fingerprint density at radius 1 is 0.968 bits per heavy atom. The van der Waals surface area contributed by atoms with E-state index in [1.807, 2.05) is 12.1 Å². The first-order chi connectivity index (χ1) is 14.6. The van der Waals surface area contributed by atoms with Gasteiger partial charge in [0.05, 0.1) is 23.1 Å². The van der Waals surface area contributed by atoms with Gasteiger partial charge in [-0.05, 0) is 66.5 Å². The van der Waals surface area contributed by atoms with E-state index in [0.29, 0.717) is 22.9 Å². The van der Waals surface area contributed by atoms with Crippen LogP contribution in [0.25, 0.3) is 0 Å². The molecule has 2 fully saturated rings. The van der Waals surface area contributed by atoms with E-state index in [4.69, 9.17) is 4.74 Å². The number of rotatable bonds is 3. The van der Waals surface area contributed by atoms with Crippen LogP contribution in [0.1, 0.15) is 62.9 Å². The maximum atomic E-state index is 13.0. The highest BCUT2D eigenvalue weighted by atomic mass is 16.5. The van der Waals surface area contributed by atoms with E-state index in [1.54, 1.807) is 36.4 Å². The number of nitrogens with zero attached hydrogens (tertiary/aromatic N) is 1. The molecular weight excluding hydrogens is 390 g/mol. The van der Waals surface area contributed by atoms with Crippen molar-refractivity contribution in [3.63, 3.8) is 0 Å². The van der Waals surface area contributed by atoms with Crippen molar-refractivity contribution in [3.8, 4) is 5.75 Å². The third kappa shape index (κ3) is 4.14. The number of fused-ring (bicyclic) bond motifs is 1. The average molecular weight is 420 g/mol. The lowest BCUT2D eigenvalue weighted by molar-refractivity contribution is -0.122. The van der Waals surface area contributed by atoms with Gasteiger partial charge in [-0.2, -0.15) is 0 Å². The highest BCUT2D eigenvalue weighted by Gasteiger charge is 2.50. The molecule has 5 nitrogen and oxygen atoms in total. The predicted molar refractivity (Wildman–Crippen MR) is 119 cm³/mol. The van der Waals surface area contributed by atoms with Gasteiger partial charge >= 0.3 is 5.97 Å². The number of imide groups is 1. The largest absolute Gasteiger partial charge is 0.423 e. The monoisotopic (exact) mass is 419 g/mol. The molecular formula is C26H29NO4. The minimum absolute atomic E-state index is 0.0145. The second kappa shape index (κ2) is 7.95. The van der Waals surface area contributed by atoms with Crippen LogP contribution < -0.4 is 9.64 Å². The summed E-state index contributed by atoms with van der Waals surface area (Å²) in [7, 11) is 0. The van der Waals surface area contributed by atoms with Gasteiger partial charge in [-0.25, -0.2) is 4.79 Å². The second-order valence-electron chi connectivity index (χ2n) is 9.86. The van der Waals surface area contributed by atoms with E-state index in [0.717, 1.165) is 24.8 Å². The van der Waals surface area contributed by atoms with Gasteiger partial charge in [-0.3, -0.25) is 14.5 Å². The SMILES string of the molecule is CC1CCC2C(=O)N(c3cccc(C(=O)Oc4ccc(C(C)(C)C)cc4)c3)C(=O)C2C1. The van der Waals surface area contributed by atoms with Gasteiger partial charge in [-0.15, -0.1) is 0 Å². The Kier molecular flexibility index (Phi) is 5.46. The van der Waals surface area contributed by atoms with Crippen molar-refractivity contribution in [2.45, 2.75) is 52.4 Å². The molecule has 162 valence electrons. The first-order valence-electron chi connectivity index (χ1n) is 11.0. The van der Waals surface area contributed by atoms with Gasteiger partial charge in [-0.1, -0.05) is 45.9 Å². The van der Waals surface area contributed by atoms with Gasteiger partial charge in [0, 0.05) is 0 Å². The lowest BCUT2D eigenvalue weighted by Gasteiger charge is -2.25. The van der Waals surface area contributed by atoms with Crippen molar-refractivity contribution >= 4 is 23.5 Å². The normalized spacial score (nSPS) is 23.6. The summed E-state index contributed by atoms with van der Waals surface area (Å²) < 4.78 is 5.52. The van der Waals surface area contributed by atoms with Crippen LogP contribution in [0.2, 0.25) is 0 Å². The van der Waals surface area contributed by atoms with Crippen molar-refractivity contribution in [2.24, 2.45) is 17.8 Å². The summed E-state index contributed by atoms with van der Waals surface area (Å²) in [4.78, 5) is 39.9. The Balaban J connectivity index is 1.52. The smallest absolute Gasteiger partial charge is 0.343 e. The van der Waals surface area contributed by atoms with Crippen molar-refractivity contribution in [2.75, 3.05) is 4.90 Å². The van der Waals surface area contributed by atoms with Gasteiger partial charge in [0.2, 0.25) is 11.8 Å². The number of anilines is 1. The fraction of sp³-hybridized carbons (Fsp3) is 0.423. The van der Waals surface area contributed by atoms with Crippen molar-refractivity contribution in [1.82, 2.24) is 0 Å². The maximum Gasteiger partial charge on any atom is 0.343 e. The zero-order valence-corrected chi connectivity index (χ0v) is 18.6.